The molecular weight excluding hydrogens is 614 g/mol. The van der Waals surface area contributed by atoms with E-state index in [1.807, 2.05) is 80.6 Å². The van der Waals surface area contributed by atoms with Gasteiger partial charge >= 0.3 is 0 Å². The first-order chi connectivity index (χ1) is 23.7. The fourth-order valence-corrected chi connectivity index (χ4v) is 6.42. The van der Waals surface area contributed by atoms with Crippen molar-refractivity contribution in [1.29, 1.82) is 0 Å². The van der Waals surface area contributed by atoms with Crippen molar-refractivity contribution in [3.05, 3.63) is 124 Å². The molecule has 4 aromatic rings. The molecule has 0 bridgehead atoms. The summed E-state index contributed by atoms with van der Waals surface area (Å²) < 4.78 is 13.1. The van der Waals surface area contributed by atoms with Crippen molar-refractivity contribution in [2.24, 2.45) is 11.0 Å². The van der Waals surface area contributed by atoms with Gasteiger partial charge in [0.25, 0.3) is 5.91 Å². The van der Waals surface area contributed by atoms with Crippen molar-refractivity contribution in [1.82, 2.24) is 14.9 Å². The lowest BCUT2D eigenvalue weighted by Crippen LogP contribution is -2.49. The van der Waals surface area contributed by atoms with Crippen LogP contribution in [0.15, 0.2) is 96.1 Å². The van der Waals surface area contributed by atoms with Crippen LogP contribution >= 0.6 is 0 Å². The quantitative estimate of drug-likeness (QED) is 0.157. The number of carbonyl (C=O) groups excluding carboxylic acids is 1. The Morgan fingerprint density at radius 2 is 1.61 bits per heavy atom. The van der Waals surface area contributed by atoms with Gasteiger partial charge in [0.1, 0.15) is 11.4 Å². The number of phenols is 1. The molecule has 0 aromatic heterocycles. The molecule has 2 unspecified atom stereocenters. The van der Waals surface area contributed by atoms with Crippen molar-refractivity contribution >= 4 is 34.5 Å². The van der Waals surface area contributed by atoms with Gasteiger partial charge in [-0.3, -0.25) is 10.2 Å². The number of carbonyl (C=O) groups is 1. The van der Waals surface area contributed by atoms with Crippen molar-refractivity contribution < 1.29 is 19.4 Å². The number of rotatable bonds is 7. The maximum Gasteiger partial charge on any atom is 0.252 e. The van der Waals surface area contributed by atoms with E-state index in [2.05, 4.69) is 46.5 Å². The zero-order valence-corrected chi connectivity index (χ0v) is 28.0. The zero-order chi connectivity index (χ0) is 34.2. The summed E-state index contributed by atoms with van der Waals surface area (Å²) in [6.45, 7) is 5.95. The highest BCUT2D eigenvalue weighted by Gasteiger charge is 2.24. The highest BCUT2D eigenvalue weighted by Crippen LogP contribution is 2.33. The van der Waals surface area contributed by atoms with Gasteiger partial charge in [-0.1, -0.05) is 61.5 Å². The van der Waals surface area contributed by atoms with Crippen molar-refractivity contribution in [3.8, 4) is 34.3 Å². The Labute approximate surface area is 283 Å². The number of benzene rings is 5. The van der Waals surface area contributed by atoms with Gasteiger partial charge in [0, 0.05) is 22.6 Å². The minimum Gasteiger partial charge on any atom is -0.506 e. The predicted octanol–water partition coefficient (Wildman–Crippen LogP) is 5.41. The van der Waals surface area contributed by atoms with Crippen LogP contribution in [0.4, 0.5) is 5.69 Å². The summed E-state index contributed by atoms with van der Waals surface area (Å²) in [4.78, 5) is 18.8. The Hall–Kier alpha value is -6.09. The Balaban J connectivity index is 1.36. The SMILES string of the molecule is COc1cc(C)c(C(=O)NC2C=c3c(nc4cc(C)/c(=N\Nc5c(O)ccc6ccccc56)cc-4n3-c3ccccc3)=CC2C)cc1OC. The van der Waals surface area contributed by atoms with E-state index in [-0.39, 0.29) is 23.6 Å². The summed E-state index contributed by atoms with van der Waals surface area (Å²) in [6.07, 6.45) is 4.19. The van der Waals surface area contributed by atoms with Gasteiger partial charge in [-0.05, 0) is 78.9 Å². The Bertz CT molecular complexity index is 2400. The molecule has 0 saturated heterocycles. The smallest absolute Gasteiger partial charge is 0.252 e. The molecule has 9 nitrogen and oxygen atoms in total. The van der Waals surface area contributed by atoms with E-state index in [9.17, 15) is 9.90 Å². The molecule has 3 N–H and O–H groups in total. The van der Waals surface area contributed by atoms with Crippen molar-refractivity contribution in [3.63, 3.8) is 0 Å². The molecule has 0 radical (unpaired) electrons. The van der Waals surface area contributed by atoms with E-state index < -0.39 is 0 Å². The van der Waals surface area contributed by atoms with E-state index >= 15 is 0 Å². The van der Waals surface area contributed by atoms with E-state index in [0.29, 0.717) is 28.1 Å². The van der Waals surface area contributed by atoms with Gasteiger partial charge in [0.2, 0.25) is 0 Å². The average molecular weight is 652 g/mol. The number of aromatic nitrogens is 2. The Morgan fingerprint density at radius 3 is 2.39 bits per heavy atom. The predicted molar refractivity (Wildman–Crippen MR) is 193 cm³/mol. The number of para-hydroxylation sites is 1. The molecule has 1 heterocycles. The Morgan fingerprint density at radius 1 is 0.878 bits per heavy atom. The molecule has 0 saturated carbocycles. The van der Waals surface area contributed by atoms with Gasteiger partial charge in [-0.25, -0.2) is 4.98 Å². The number of phenolic OH excluding ortho intramolecular Hbond substituents is 1. The van der Waals surface area contributed by atoms with Crippen LogP contribution in [0.5, 0.6) is 17.2 Å². The standard InChI is InChI=1S/C40H37N5O4/c1-23-19-37(48-4)38(49-5)20-29(23)40(47)42-30-21-34-32(17-24(30)2)41-33-18-25(3)31(22-35(33)45(34)27-12-7-6-8-13-27)43-44-39-28-14-10-9-11-26(28)15-16-36(39)46/h6-22,24,30,44,46H,1-5H3,(H,42,47)/b43-31-. The lowest BCUT2D eigenvalue weighted by molar-refractivity contribution is 0.0940. The lowest BCUT2D eigenvalue weighted by atomic mass is 9.95. The van der Waals surface area contributed by atoms with Crippen LogP contribution in [0, 0.1) is 19.8 Å². The average Bonchev–Trinajstić information content (AvgIpc) is 3.11. The van der Waals surface area contributed by atoms with Crippen LogP contribution in [0.2, 0.25) is 0 Å². The molecule has 0 fully saturated rings. The van der Waals surface area contributed by atoms with Gasteiger partial charge in [0.05, 0.1) is 47.7 Å². The normalized spacial score (nSPS) is 15.7. The monoisotopic (exact) mass is 651 g/mol. The van der Waals surface area contributed by atoms with Gasteiger partial charge in [-0.2, -0.15) is 5.10 Å². The number of hydrogen-bond acceptors (Lipinski definition) is 7. The number of methoxy groups -OCH3 is 2. The van der Waals surface area contributed by atoms with E-state index in [4.69, 9.17) is 19.6 Å². The van der Waals surface area contributed by atoms with Gasteiger partial charge < -0.3 is 24.5 Å². The summed E-state index contributed by atoms with van der Waals surface area (Å²) in [5, 5.41) is 23.0. The number of nitrogens with one attached hydrogen (secondary N) is 2. The lowest BCUT2D eigenvalue weighted by Gasteiger charge is -2.26. The molecule has 4 aromatic carbocycles. The van der Waals surface area contributed by atoms with E-state index in [1.54, 1.807) is 26.4 Å². The van der Waals surface area contributed by atoms with Gasteiger partial charge in [-0.15, -0.1) is 0 Å². The molecule has 1 amide bonds. The van der Waals surface area contributed by atoms with Crippen LogP contribution in [0.25, 0.3) is 40.0 Å². The molecule has 7 rings (SSSR count). The number of amides is 1. The summed E-state index contributed by atoms with van der Waals surface area (Å²) in [5.41, 5.74) is 8.51. The molecule has 246 valence electrons. The van der Waals surface area contributed by atoms with Crippen LogP contribution in [-0.4, -0.2) is 40.8 Å². The van der Waals surface area contributed by atoms with Crippen LogP contribution in [0.3, 0.4) is 0 Å². The van der Waals surface area contributed by atoms with Crippen molar-refractivity contribution in [2.75, 3.05) is 19.6 Å². The first-order valence-electron chi connectivity index (χ1n) is 16.1. The second-order valence-corrected chi connectivity index (χ2v) is 12.3. The number of ether oxygens (including phenoxy) is 2. The maximum atomic E-state index is 13.7. The third-order valence-corrected chi connectivity index (χ3v) is 9.09. The first-order valence-corrected chi connectivity index (χ1v) is 16.1. The molecule has 1 aliphatic heterocycles. The highest BCUT2D eigenvalue weighted by molar-refractivity contribution is 5.97. The fourth-order valence-electron chi connectivity index (χ4n) is 6.42. The Kier molecular flexibility index (Phi) is 8.26. The molecule has 9 heteroatoms. The van der Waals surface area contributed by atoms with E-state index in [1.165, 1.54) is 0 Å². The number of anilines is 1. The molecule has 49 heavy (non-hydrogen) atoms. The minimum atomic E-state index is -0.313. The molecule has 3 aliphatic rings. The van der Waals surface area contributed by atoms with E-state index in [0.717, 1.165) is 49.7 Å². The summed E-state index contributed by atoms with van der Waals surface area (Å²) in [5.74, 6) is 0.951. The van der Waals surface area contributed by atoms with Crippen LogP contribution < -0.4 is 36.3 Å². The third kappa shape index (κ3) is 5.84. The second-order valence-electron chi connectivity index (χ2n) is 12.3. The third-order valence-electron chi connectivity index (χ3n) is 9.09. The van der Waals surface area contributed by atoms with Gasteiger partial charge in [0.15, 0.2) is 11.5 Å². The molecule has 0 spiro atoms. The fraction of sp³-hybridized carbons (Fsp3) is 0.175. The summed E-state index contributed by atoms with van der Waals surface area (Å²) >= 11 is 0. The first kappa shape index (κ1) is 31.5. The van der Waals surface area contributed by atoms with Crippen LogP contribution in [0.1, 0.15) is 28.4 Å². The highest BCUT2D eigenvalue weighted by atomic mass is 16.5. The molecule has 2 aliphatic carbocycles. The zero-order valence-electron chi connectivity index (χ0n) is 28.0. The minimum absolute atomic E-state index is 0.0287. The van der Waals surface area contributed by atoms with Crippen LogP contribution in [-0.2, 0) is 0 Å². The number of aromatic hydroxyl groups is 1. The number of aryl methyl sites for hydroxylation is 2. The molecule has 2 atom stereocenters. The number of nitrogens with zero attached hydrogens (tertiary/aromatic N) is 3. The molecular formula is C40H37N5O4. The number of fused-ring (bicyclic) bond motifs is 3. The second kappa shape index (κ2) is 12.8. The topological polar surface area (TPSA) is 110 Å². The van der Waals surface area contributed by atoms with Crippen molar-refractivity contribution in [2.45, 2.75) is 26.8 Å². The number of hydrogen-bond donors (Lipinski definition) is 3. The maximum absolute atomic E-state index is 13.7. The largest absolute Gasteiger partial charge is 0.506 e. The summed E-state index contributed by atoms with van der Waals surface area (Å²) in [6, 6.07) is 28.7. The summed E-state index contributed by atoms with van der Waals surface area (Å²) in [7, 11) is 3.13.